The fourth-order valence-electron chi connectivity index (χ4n) is 2.99. The molecule has 2 rings (SSSR count). The molecule has 0 unspecified atom stereocenters. The van der Waals surface area contributed by atoms with Crippen molar-refractivity contribution in [2.45, 2.75) is 57.8 Å². The van der Waals surface area contributed by atoms with Gasteiger partial charge in [-0.05, 0) is 36.5 Å². The van der Waals surface area contributed by atoms with Crippen LogP contribution in [0.2, 0.25) is 0 Å². The van der Waals surface area contributed by atoms with Gasteiger partial charge in [-0.15, -0.1) is 0 Å². The minimum atomic E-state index is 0.963. The highest BCUT2D eigenvalue weighted by Crippen LogP contribution is 2.26. The van der Waals surface area contributed by atoms with Crippen LogP contribution >= 0.6 is 0 Å². The summed E-state index contributed by atoms with van der Waals surface area (Å²) in [5.74, 6) is 1.93. The van der Waals surface area contributed by atoms with Crippen LogP contribution in [0.1, 0.15) is 56.9 Å². The minimum Gasteiger partial charge on any atom is -0.497 e. The molecule has 0 aromatic heterocycles. The first-order valence-electron chi connectivity index (χ1n) is 7.51. The Morgan fingerprint density at radius 3 is 2.17 bits per heavy atom. The number of aryl methyl sites for hydroxylation is 1. The van der Waals surface area contributed by atoms with Crippen LogP contribution in [0, 0.1) is 5.92 Å². The van der Waals surface area contributed by atoms with E-state index in [0.717, 1.165) is 11.7 Å². The van der Waals surface area contributed by atoms with Crippen molar-refractivity contribution in [3.05, 3.63) is 29.8 Å². The second-order valence-corrected chi connectivity index (χ2v) is 5.60. The van der Waals surface area contributed by atoms with Gasteiger partial charge < -0.3 is 4.74 Å². The summed E-state index contributed by atoms with van der Waals surface area (Å²) in [6.45, 7) is 0. The average molecular weight is 246 g/mol. The minimum absolute atomic E-state index is 0.963. The van der Waals surface area contributed by atoms with E-state index >= 15 is 0 Å². The zero-order valence-electron chi connectivity index (χ0n) is 11.7. The van der Waals surface area contributed by atoms with Crippen molar-refractivity contribution in [1.82, 2.24) is 0 Å². The molecule has 0 N–H and O–H groups in total. The molecule has 0 bridgehead atoms. The van der Waals surface area contributed by atoms with E-state index in [-0.39, 0.29) is 0 Å². The quantitative estimate of drug-likeness (QED) is 0.727. The van der Waals surface area contributed by atoms with E-state index in [4.69, 9.17) is 4.74 Å². The summed E-state index contributed by atoms with van der Waals surface area (Å²) < 4.78 is 5.19. The summed E-state index contributed by atoms with van der Waals surface area (Å²) in [6.07, 6.45) is 12.8. The van der Waals surface area contributed by atoms with E-state index in [2.05, 4.69) is 24.3 Å². The zero-order valence-corrected chi connectivity index (χ0v) is 11.7. The van der Waals surface area contributed by atoms with Gasteiger partial charge in [-0.3, -0.25) is 0 Å². The normalized spacial score (nSPS) is 18.1. The molecule has 0 aliphatic heterocycles. The molecule has 1 aliphatic rings. The van der Waals surface area contributed by atoms with E-state index in [0.29, 0.717) is 0 Å². The highest BCUT2D eigenvalue weighted by molar-refractivity contribution is 5.27. The highest BCUT2D eigenvalue weighted by atomic mass is 16.5. The van der Waals surface area contributed by atoms with Gasteiger partial charge in [0.1, 0.15) is 5.75 Å². The standard InChI is InChI=1S/C17H26O/c1-18-17-13-11-16(12-14-17)10-9-15-7-5-3-2-4-6-8-15/h11-15H,2-10H2,1H3. The third kappa shape index (κ3) is 4.36. The van der Waals surface area contributed by atoms with Gasteiger partial charge in [-0.2, -0.15) is 0 Å². The number of methoxy groups -OCH3 is 1. The molecule has 0 atom stereocenters. The van der Waals surface area contributed by atoms with Crippen LogP contribution in [0.3, 0.4) is 0 Å². The first-order valence-corrected chi connectivity index (χ1v) is 7.51. The second-order valence-electron chi connectivity index (χ2n) is 5.60. The first kappa shape index (κ1) is 13.5. The third-order valence-electron chi connectivity index (χ3n) is 4.23. The van der Waals surface area contributed by atoms with E-state index < -0.39 is 0 Å². The molecular weight excluding hydrogens is 220 g/mol. The smallest absolute Gasteiger partial charge is 0.118 e. The molecule has 1 saturated carbocycles. The molecule has 0 heterocycles. The maximum absolute atomic E-state index is 5.19. The molecule has 0 spiro atoms. The van der Waals surface area contributed by atoms with Crippen molar-refractivity contribution < 1.29 is 4.74 Å². The molecule has 1 fully saturated rings. The van der Waals surface area contributed by atoms with Gasteiger partial charge in [-0.1, -0.05) is 57.1 Å². The van der Waals surface area contributed by atoms with Gasteiger partial charge in [0.25, 0.3) is 0 Å². The Bertz CT molecular complexity index is 320. The Hall–Kier alpha value is -0.980. The fourth-order valence-corrected chi connectivity index (χ4v) is 2.99. The van der Waals surface area contributed by atoms with Crippen LogP contribution in [0.25, 0.3) is 0 Å². The topological polar surface area (TPSA) is 9.23 Å². The average Bonchev–Trinajstić information content (AvgIpc) is 2.38. The Labute approximate surface area is 112 Å². The van der Waals surface area contributed by atoms with E-state index in [1.165, 1.54) is 63.4 Å². The summed E-state index contributed by atoms with van der Waals surface area (Å²) in [5.41, 5.74) is 1.46. The van der Waals surface area contributed by atoms with Crippen molar-refractivity contribution in [1.29, 1.82) is 0 Å². The number of hydrogen-bond acceptors (Lipinski definition) is 1. The van der Waals surface area contributed by atoms with Crippen LogP contribution in [0.15, 0.2) is 24.3 Å². The first-order chi connectivity index (χ1) is 8.88. The van der Waals surface area contributed by atoms with Crippen molar-refractivity contribution >= 4 is 0 Å². The largest absolute Gasteiger partial charge is 0.497 e. The molecule has 1 aliphatic carbocycles. The molecule has 1 aromatic rings. The van der Waals surface area contributed by atoms with Crippen molar-refractivity contribution in [2.75, 3.05) is 7.11 Å². The van der Waals surface area contributed by atoms with Gasteiger partial charge >= 0.3 is 0 Å². The summed E-state index contributed by atoms with van der Waals surface area (Å²) in [4.78, 5) is 0. The molecule has 100 valence electrons. The number of rotatable bonds is 4. The second kappa shape index (κ2) is 7.45. The fraction of sp³-hybridized carbons (Fsp3) is 0.647. The summed E-state index contributed by atoms with van der Waals surface area (Å²) in [5, 5.41) is 0. The molecular formula is C17H26O. The molecule has 1 aromatic carbocycles. The summed E-state index contributed by atoms with van der Waals surface area (Å²) in [7, 11) is 1.73. The van der Waals surface area contributed by atoms with Gasteiger partial charge in [-0.25, -0.2) is 0 Å². The molecule has 0 saturated heterocycles. The molecule has 1 nitrogen and oxygen atoms in total. The zero-order chi connectivity index (χ0) is 12.6. The van der Waals surface area contributed by atoms with Crippen LogP contribution in [-0.2, 0) is 6.42 Å². The number of ether oxygens (including phenoxy) is 1. The highest BCUT2D eigenvalue weighted by Gasteiger charge is 2.11. The molecule has 0 radical (unpaired) electrons. The Morgan fingerprint density at radius 2 is 1.56 bits per heavy atom. The predicted molar refractivity (Wildman–Crippen MR) is 77.1 cm³/mol. The molecule has 0 amide bonds. The van der Waals surface area contributed by atoms with Crippen molar-refractivity contribution in [2.24, 2.45) is 5.92 Å². The molecule has 1 heteroatoms. The van der Waals surface area contributed by atoms with Crippen LogP contribution in [0.4, 0.5) is 0 Å². The van der Waals surface area contributed by atoms with Crippen LogP contribution in [-0.4, -0.2) is 7.11 Å². The third-order valence-corrected chi connectivity index (χ3v) is 4.23. The Kier molecular flexibility index (Phi) is 5.57. The van der Waals surface area contributed by atoms with Gasteiger partial charge in [0.15, 0.2) is 0 Å². The van der Waals surface area contributed by atoms with Gasteiger partial charge in [0.2, 0.25) is 0 Å². The number of hydrogen-bond donors (Lipinski definition) is 0. The maximum atomic E-state index is 5.19. The Morgan fingerprint density at radius 1 is 0.944 bits per heavy atom. The summed E-state index contributed by atoms with van der Waals surface area (Å²) >= 11 is 0. The van der Waals surface area contributed by atoms with E-state index in [1.54, 1.807) is 7.11 Å². The summed E-state index contributed by atoms with van der Waals surface area (Å²) in [6, 6.07) is 8.57. The molecule has 18 heavy (non-hydrogen) atoms. The maximum Gasteiger partial charge on any atom is 0.118 e. The monoisotopic (exact) mass is 246 g/mol. The number of benzene rings is 1. The van der Waals surface area contributed by atoms with Gasteiger partial charge in [0, 0.05) is 0 Å². The van der Waals surface area contributed by atoms with Crippen LogP contribution in [0.5, 0.6) is 5.75 Å². The SMILES string of the molecule is COc1ccc(CCC2CCCCCCC2)cc1. The van der Waals surface area contributed by atoms with Gasteiger partial charge in [0.05, 0.1) is 7.11 Å². The predicted octanol–water partition coefficient (Wildman–Crippen LogP) is 4.99. The van der Waals surface area contributed by atoms with E-state index in [9.17, 15) is 0 Å². The lowest BCUT2D eigenvalue weighted by molar-refractivity contribution is 0.359. The lowest BCUT2D eigenvalue weighted by Crippen LogP contribution is -2.05. The van der Waals surface area contributed by atoms with E-state index in [1.807, 2.05) is 0 Å². The van der Waals surface area contributed by atoms with Crippen LogP contribution < -0.4 is 4.74 Å². The lowest BCUT2D eigenvalue weighted by Gasteiger charge is -2.19. The van der Waals surface area contributed by atoms with Crippen molar-refractivity contribution in [3.63, 3.8) is 0 Å². The van der Waals surface area contributed by atoms with Crippen molar-refractivity contribution in [3.8, 4) is 5.75 Å². The lowest BCUT2D eigenvalue weighted by atomic mass is 9.87. The Balaban J connectivity index is 1.78.